The van der Waals surface area contributed by atoms with Gasteiger partial charge in [0.2, 0.25) is 6.79 Å². The lowest BCUT2D eigenvalue weighted by Crippen LogP contribution is -2.32. The summed E-state index contributed by atoms with van der Waals surface area (Å²) in [5.41, 5.74) is 3.77. The number of hydrogen-bond donors (Lipinski definition) is 0. The molecule has 0 amide bonds. The summed E-state index contributed by atoms with van der Waals surface area (Å²) in [5, 5.41) is 0. The Hall–Kier alpha value is -2.24. The first-order valence-corrected chi connectivity index (χ1v) is 8.25. The van der Waals surface area contributed by atoms with Gasteiger partial charge in [0.15, 0.2) is 11.5 Å². The molecule has 0 aliphatic carbocycles. The van der Waals surface area contributed by atoms with E-state index < -0.39 is 0 Å². The Bertz CT molecular complexity index is 791. The quantitative estimate of drug-likeness (QED) is 0.849. The van der Waals surface area contributed by atoms with Crippen LogP contribution in [0.25, 0.3) is 0 Å². The molecule has 0 saturated carbocycles. The third-order valence-corrected chi connectivity index (χ3v) is 5.14. The lowest BCUT2D eigenvalue weighted by molar-refractivity contribution is 0.0892. The number of nitrogens with zero attached hydrogens (tertiary/aromatic N) is 1. The van der Waals surface area contributed by atoms with Crippen molar-refractivity contribution in [1.82, 2.24) is 4.90 Å². The summed E-state index contributed by atoms with van der Waals surface area (Å²) in [6, 6.07) is 12.6. The smallest absolute Gasteiger partial charge is 0.231 e. The summed E-state index contributed by atoms with van der Waals surface area (Å²) >= 11 is 0. The molecule has 2 unspecified atom stereocenters. The van der Waals surface area contributed by atoms with Crippen LogP contribution in [0.15, 0.2) is 36.4 Å². The van der Waals surface area contributed by atoms with Crippen molar-refractivity contribution >= 4 is 0 Å². The van der Waals surface area contributed by atoms with Gasteiger partial charge in [-0.25, -0.2) is 0 Å². The SMILES string of the molecule is COc1cccc(C2OCN3CCc4cc5c(cc4C23)OCO5)c1. The van der Waals surface area contributed by atoms with Gasteiger partial charge >= 0.3 is 0 Å². The number of methoxy groups -OCH3 is 1. The maximum Gasteiger partial charge on any atom is 0.231 e. The predicted molar refractivity (Wildman–Crippen MR) is 87.4 cm³/mol. The molecule has 0 N–H and O–H groups in total. The second kappa shape index (κ2) is 5.40. The van der Waals surface area contributed by atoms with Crippen LogP contribution in [-0.4, -0.2) is 32.1 Å². The lowest BCUT2D eigenvalue weighted by atomic mass is 9.87. The fourth-order valence-corrected chi connectivity index (χ4v) is 3.96. The minimum Gasteiger partial charge on any atom is -0.497 e. The summed E-state index contributed by atoms with van der Waals surface area (Å²) in [5.74, 6) is 2.56. The van der Waals surface area contributed by atoms with Crippen molar-refractivity contribution in [2.24, 2.45) is 0 Å². The highest BCUT2D eigenvalue weighted by Gasteiger charge is 2.41. The van der Waals surface area contributed by atoms with Crippen LogP contribution in [0.4, 0.5) is 0 Å². The molecule has 0 radical (unpaired) electrons. The van der Waals surface area contributed by atoms with Crippen molar-refractivity contribution in [3.05, 3.63) is 53.1 Å². The fraction of sp³-hybridized carbons (Fsp3) is 0.368. The molecule has 124 valence electrons. The van der Waals surface area contributed by atoms with Crippen LogP contribution in [0.1, 0.15) is 28.8 Å². The number of rotatable bonds is 2. The van der Waals surface area contributed by atoms with Crippen molar-refractivity contribution in [3.8, 4) is 17.2 Å². The Morgan fingerprint density at radius 2 is 2.00 bits per heavy atom. The molecule has 1 fully saturated rings. The number of hydrogen-bond acceptors (Lipinski definition) is 5. The van der Waals surface area contributed by atoms with Gasteiger partial charge in [0, 0.05) is 6.54 Å². The average molecular weight is 325 g/mol. The molecule has 5 heteroatoms. The van der Waals surface area contributed by atoms with E-state index in [2.05, 4.69) is 29.2 Å². The minimum absolute atomic E-state index is 0.000443. The molecule has 0 spiro atoms. The van der Waals surface area contributed by atoms with Crippen LogP contribution in [0, 0.1) is 0 Å². The number of fused-ring (bicyclic) bond motifs is 4. The maximum atomic E-state index is 6.16. The molecule has 0 bridgehead atoms. The van der Waals surface area contributed by atoms with E-state index in [1.54, 1.807) is 7.11 Å². The molecule has 3 aliphatic heterocycles. The average Bonchev–Trinajstić information content (AvgIpc) is 3.26. The summed E-state index contributed by atoms with van der Waals surface area (Å²) in [6.45, 7) is 1.96. The first kappa shape index (κ1) is 14.1. The van der Waals surface area contributed by atoms with E-state index in [1.165, 1.54) is 11.1 Å². The van der Waals surface area contributed by atoms with Gasteiger partial charge < -0.3 is 18.9 Å². The number of benzene rings is 2. The van der Waals surface area contributed by atoms with E-state index in [9.17, 15) is 0 Å². The Balaban J connectivity index is 1.58. The summed E-state index contributed by atoms with van der Waals surface area (Å²) in [6.07, 6.45) is 1.01. The van der Waals surface area contributed by atoms with Crippen LogP contribution < -0.4 is 14.2 Å². The summed E-state index contributed by atoms with van der Waals surface area (Å²) in [7, 11) is 1.69. The zero-order chi connectivity index (χ0) is 16.1. The van der Waals surface area contributed by atoms with E-state index in [-0.39, 0.29) is 12.1 Å². The van der Waals surface area contributed by atoms with Gasteiger partial charge in [0.1, 0.15) is 18.6 Å². The molecule has 5 nitrogen and oxygen atoms in total. The van der Waals surface area contributed by atoms with E-state index in [0.717, 1.165) is 35.8 Å². The molecule has 3 aliphatic rings. The Kier molecular flexibility index (Phi) is 3.18. The summed E-state index contributed by atoms with van der Waals surface area (Å²) in [4.78, 5) is 2.40. The standard InChI is InChI=1S/C19H19NO4/c1-21-14-4-2-3-13(7-14)19-18-15-9-17-16(23-11-24-17)8-12(15)5-6-20(18)10-22-19/h2-4,7-9,18-19H,5-6,10-11H2,1H3. The fourth-order valence-electron chi connectivity index (χ4n) is 3.96. The highest BCUT2D eigenvalue weighted by molar-refractivity contribution is 5.51. The zero-order valence-corrected chi connectivity index (χ0v) is 13.5. The number of ether oxygens (including phenoxy) is 4. The molecular formula is C19H19NO4. The van der Waals surface area contributed by atoms with Crippen LogP contribution in [-0.2, 0) is 11.2 Å². The van der Waals surface area contributed by atoms with Gasteiger partial charge in [-0.05, 0) is 47.4 Å². The van der Waals surface area contributed by atoms with E-state index in [0.29, 0.717) is 13.5 Å². The summed E-state index contributed by atoms with van der Waals surface area (Å²) < 4.78 is 22.7. The van der Waals surface area contributed by atoms with E-state index in [1.807, 2.05) is 12.1 Å². The zero-order valence-electron chi connectivity index (χ0n) is 13.5. The van der Waals surface area contributed by atoms with Crippen LogP contribution in [0.2, 0.25) is 0 Å². The first-order chi connectivity index (χ1) is 11.8. The van der Waals surface area contributed by atoms with Crippen molar-refractivity contribution < 1.29 is 18.9 Å². The lowest BCUT2D eigenvalue weighted by Gasteiger charge is -2.33. The van der Waals surface area contributed by atoms with Crippen molar-refractivity contribution in [1.29, 1.82) is 0 Å². The van der Waals surface area contributed by atoms with Gasteiger partial charge in [0.05, 0.1) is 13.2 Å². The van der Waals surface area contributed by atoms with Crippen LogP contribution in [0.5, 0.6) is 17.2 Å². The monoisotopic (exact) mass is 325 g/mol. The van der Waals surface area contributed by atoms with Gasteiger partial charge in [-0.3, -0.25) is 4.90 Å². The predicted octanol–water partition coefficient (Wildman–Crippen LogP) is 3.05. The molecule has 2 aromatic rings. The highest BCUT2D eigenvalue weighted by atomic mass is 16.7. The van der Waals surface area contributed by atoms with Crippen molar-refractivity contribution in [2.75, 3.05) is 27.2 Å². The third-order valence-electron chi connectivity index (χ3n) is 5.14. The second-order valence-electron chi connectivity index (χ2n) is 6.40. The van der Waals surface area contributed by atoms with Gasteiger partial charge in [-0.15, -0.1) is 0 Å². The van der Waals surface area contributed by atoms with E-state index >= 15 is 0 Å². The molecule has 2 atom stereocenters. The molecule has 3 heterocycles. The van der Waals surface area contributed by atoms with Gasteiger partial charge in [-0.1, -0.05) is 12.1 Å². The van der Waals surface area contributed by atoms with Gasteiger partial charge in [0.25, 0.3) is 0 Å². The maximum absolute atomic E-state index is 6.16. The normalized spacial score (nSPS) is 24.5. The molecular weight excluding hydrogens is 306 g/mol. The largest absolute Gasteiger partial charge is 0.497 e. The molecule has 5 rings (SSSR count). The molecule has 0 aromatic heterocycles. The Morgan fingerprint density at radius 3 is 2.88 bits per heavy atom. The first-order valence-electron chi connectivity index (χ1n) is 8.25. The topological polar surface area (TPSA) is 40.2 Å². The Labute approximate surface area is 140 Å². The van der Waals surface area contributed by atoms with Crippen LogP contribution >= 0.6 is 0 Å². The van der Waals surface area contributed by atoms with Crippen molar-refractivity contribution in [2.45, 2.75) is 18.6 Å². The highest BCUT2D eigenvalue weighted by Crippen LogP contribution is 2.48. The Morgan fingerprint density at radius 1 is 1.12 bits per heavy atom. The molecule has 2 aromatic carbocycles. The van der Waals surface area contributed by atoms with Crippen molar-refractivity contribution in [3.63, 3.8) is 0 Å². The molecule has 1 saturated heterocycles. The third kappa shape index (κ3) is 2.08. The molecule has 24 heavy (non-hydrogen) atoms. The van der Waals surface area contributed by atoms with Gasteiger partial charge in [-0.2, -0.15) is 0 Å². The minimum atomic E-state index is -0.000443. The van der Waals surface area contributed by atoms with Crippen LogP contribution in [0.3, 0.4) is 0 Å². The van der Waals surface area contributed by atoms with E-state index in [4.69, 9.17) is 18.9 Å². The second-order valence-corrected chi connectivity index (χ2v) is 6.40.